The maximum absolute atomic E-state index is 11.6. The zero-order valence-electron chi connectivity index (χ0n) is 8.43. The van der Waals surface area contributed by atoms with Crippen molar-refractivity contribution < 1.29 is 9.59 Å². The Labute approximate surface area is 92.3 Å². The van der Waals surface area contributed by atoms with E-state index in [1.165, 1.54) is 4.90 Å². The van der Waals surface area contributed by atoms with Crippen molar-refractivity contribution in [3.8, 4) is 6.07 Å². The van der Waals surface area contributed by atoms with Crippen LogP contribution in [0.15, 0.2) is 24.3 Å². The number of rotatable bonds is 1. The van der Waals surface area contributed by atoms with E-state index in [1.807, 2.05) is 6.07 Å². The van der Waals surface area contributed by atoms with Crippen LogP contribution in [-0.4, -0.2) is 24.9 Å². The van der Waals surface area contributed by atoms with E-state index in [0.717, 1.165) is 0 Å². The minimum absolute atomic E-state index is 0.430. The van der Waals surface area contributed by atoms with Crippen molar-refractivity contribution in [2.75, 3.05) is 18.0 Å². The monoisotopic (exact) mass is 215 g/mol. The molecular weight excluding hydrogens is 206 g/mol. The van der Waals surface area contributed by atoms with Gasteiger partial charge in [-0.15, -0.1) is 0 Å². The lowest BCUT2D eigenvalue weighted by Crippen LogP contribution is -2.52. The lowest BCUT2D eigenvalue weighted by Gasteiger charge is -2.26. The topological polar surface area (TPSA) is 73.2 Å². The van der Waals surface area contributed by atoms with Crippen LogP contribution in [0.5, 0.6) is 0 Å². The van der Waals surface area contributed by atoms with Crippen LogP contribution in [0, 0.1) is 11.3 Å². The number of amides is 2. The van der Waals surface area contributed by atoms with E-state index in [9.17, 15) is 9.59 Å². The van der Waals surface area contributed by atoms with Gasteiger partial charge in [-0.25, -0.2) is 0 Å². The predicted molar refractivity (Wildman–Crippen MR) is 56.5 cm³/mol. The first-order valence-corrected chi connectivity index (χ1v) is 4.82. The number of anilines is 1. The van der Waals surface area contributed by atoms with Crippen LogP contribution in [0.2, 0.25) is 0 Å². The van der Waals surface area contributed by atoms with Gasteiger partial charge >= 0.3 is 11.8 Å². The van der Waals surface area contributed by atoms with Crippen molar-refractivity contribution in [1.29, 1.82) is 5.26 Å². The van der Waals surface area contributed by atoms with Crippen LogP contribution in [0.4, 0.5) is 5.69 Å². The smallest absolute Gasteiger partial charge is 0.316 e. The third-order valence-corrected chi connectivity index (χ3v) is 2.35. The third-order valence-electron chi connectivity index (χ3n) is 2.35. The molecule has 1 fully saturated rings. The van der Waals surface area contributed by atoms with E-state index < -0.39 is 11.8 Å². The van der Waals surface area contributed by atoms with Gasteiger partial charge in [0.05, 0.1) is 11.6 Å². The molecule has 0 bridgehead atoms. The summed E-state index contributed by atoms with van der Waals surface area (Å²) in [5.74, 6) is -1.19. The maximum atomic E-state index is 11.6. The fraction of sp³-hybridized carbons (Fsp3) is 0.182. The molecule has 2 rings (SSSR count). The van der Waals surface area contributed by atoms with Crippen LogP contribution < -0.4 is 10.2 Å². The molecule has 1 aliphatic heterocycles. The molecule has 2 amide bonds. The van der Waals surface area contributed by atoms with Crippen LogP contribution in [-0.2, 0) is 9.59 Å². The van der Waals surface area contributed by atoms with Crippen LogP contribution in [0.1, 0.15) is 5.56 Å². The molecule has 1 aliphatic rings. The van der Waals surface area contributed by atoms with Crippen LogP contribution in [0.3, 0.4) is 0 Å². The van der Waals surface area contributed by atoms with E-state index in [4.69, 9.17) is 5.26 Å². The van der Waals surface area contributed by atoms with Gasteiger partial charge in [0.15, 0.2) is 0 Å². The van der Waals surface area contributed by atoms with E-state index in [1.54, 1.807) is 24.3 Å². The van der Waals surface area contributed by atoms with Gasteiger partial charge in [0.2, 0.25) is 0 Å². The highest BCUT2D eigenvalue weighted by Gasteiger charge is 2.27. The molecule has 0 spiro atoms. The van der Waals surface area contributed by atoms with Crippen molar-refractivity contribution >= 4 is 17.5 Å². The van der Waals surface area contributed by atoms with E-state index in [-0.39, 0.29) is 0 Å². The number of benzene rings is 1. The van der Waals surface area contributed by atoms with Crippen LogP contribution in [0.25, 0.3) is 0 Å². The standard InChI is InChI=1S/C11H9N3O2/c12-7-8-2-1-3-9(6-8)14-5-4-13-10(15)11(14)16/h1-3,6H,4-5H2,(H,13,15). The highest BCUT2D eigenvalue weighted by atomic mass is 16.2. The largest absolute Gasteiger partial charge is 0.346 e. The summed E-state index contributed by atoms with van der Waals surface area (Å²) in [5, 5.41) is 11.2. The van der Waals surface area contributed by atoms with Gasteiger partial charge in [-0.2, -0.15) is 5.26 Å². The molecule has 80 valence electrons. The molecule has 1 heterocycles. The van der Waals surface area contributed by atoms with Crippen molar-refractivity contribution in [2.24, 2.45) is 0 Å². The highest BCUT2D eigenvalue weighted by Crippen LogP contribution is 2.16. The van der Waals surface area contributed by atoms with E-state index in [2.05, 4.69) is 5.32 Å². The number of carbonyl (C=O) groups excluding carboxylic acids is 2. The Morgan fingerprint density at radius 1 is 1.38 bits per heavy atom. The summed E-state index contributed by atoms with van der Waals surface area (Å²) in [7, 11) is 0. The molecule has 0 unspecified atom stereocenters. The SMILES string of the molecule is N#Cc1cccc(N2CCNC(=O)C2=O)c1. The minimum atomic E-state index is -0.603. The zero-order chi connectivity index (χ0) is 11.5. The Bertz CT molecular complexity index is 490. The van der Waals surface area contributed by atoms with E-state index >= 15 is 0 Å². The molecule has 0 aromatic heterocycles. The summed E-state index contributed by atoms with van der Waals surface area (Å²) in [6, 6.07) is 8.63. The summed E-state index contributed by atoms with van der Waals surface area (Å²) < 4.78 is 0. The van der Waals surface area contributed by atoms with Gasteiger partial charge in [-0.1, -0.05) is 6.07 Å². The molecule has 16 heavy (non-hydrogen) atoms. The molecule has 1 aromatic rings. The predicted octanol–water partition coefficient (Wildman–Crippen LogP) is 0.0211. The van der Waals surface area contributed by atoms with Crippen molar-refractivity contribution in [2.45, 2.75) is 0 Å². The molecule has 1 saturated heterocycles. The number of piperazine rings is 1. The Morgan fingerprint density at radius 2 is 2.19 bits per heavy atom. The number of nitrogens with one attached hydrogen (secondary N) is 1. The molecule has 0 radical (unpaired) electrons. The number of hydrogen-bond donors (Lipinski definition) is 1. The number of hydrogen-bond acceptors (Lipinski definition) is 3. The summed E-state index contributed by atoms with van der Waals surface area (Å²) in [6.07, 6.45) is 0. The molecule has 0 saturated carbocycles. The lowest BCUT2D eigenvalue weighted by atomic mass is 10.2. The maximum Gasteiger partial charge on any atom is 0.316 e. The first-order chi connectivity index (χ1) is 7.72. The minimum Gasteiger partial charge on any atom is -0.346 e. The Morgan fingerprint density at radius 3 is 2.94 bits per heavy atom. The zero-order valence-corrected chi connectivity index (χ0v) is 8.43. The summed E-state index contributed by atoms with van der Waals surface area (Å²) in [5.41, 5.74) is 1.05. The van der Waals surface area contributed by atoms with Crippen molar-refractivity contribution in [3.05, 3.63) is 29.8 Å². The summed E-state index contributed by atoms with van der Waals surface area (Å²) in [4.78, 5) is 24.1. The van der Waals surface area contributed by atoms with Gasteiger partial charge in [-0.3, -0.25) is 9.59 Å². The third kappa shape index (κ3) is 1.73. The fourth-order valence-electron chi connectivity index (χ4n) is 1.57. The van der Waals surface area contributed by atoms with Crippen molar-refractivity contribution in [3.63, 3.8) is 0 Å². The second kappa shape index (κ2) is 4.03. The van der Waals surface area contributed by atoms with Gasteiger partial charge in [-0.05, 0) is 18.2 Å². The number of carbonyl (C=O) groups is 2. The highest BCUT2D eigenvalue weighted by molar-refractivity contribution is 6.41. The second-order valence-corrected chi connectivity index (χ2v) is 3.37. The molecular formula is C11H9N3O2. The lowest BCUT2D eigenvalue weighted by molar-refractivity contribution is -0.138. The van der Waals surface area contributed by atoms with Gasteiger partial charge in [0.25, 0.3) is 0 Å². The number of nitriles is 1. The van der Waals surface area contributed by atoms with Gasteiger partial charge in [0, 0.05) is 18.8 Å². The normalized spacial score (nSPS) is 15.6. The average molecular weight is 215 g/mol. The number of nitrogens with zero attached hydrogens (tertiary/aromatic N) is 2. The average Bonchev–Trinajstić information content (AvgIpc) is 2.33. The first-order valence-electron chi connectivity index (χ1n) is 4.82. The summed E-state index contributed by atoms with van der Waals surface area (Å²) >= 11 is 0. The molecule has 0 aliphatic carbocycles. The molecule has 1 aromatic carbocycles. The Kier molecular flexibility index (Phi) is 2.56. The second-order valence-electron chi connectivity index (χ2n) is 3.37. The molecule has 5 nitrogen and oxygen atoms in total. The molecule has 5 heteroatoms. The molecule has 1 N–H and O–H groups in total. The van der Waals surface area contributed by atoms with Crippen LogP contribution >= 0.6 is 0 Å². The quantitative estimate of drug-likeness (QED) is 0.671. The Hall–Kier alpha value is -2.35. The van der Waals surface area contributed by atoms with E-state index in [0.29, 0.717) is 24.3 Å². The Balaban J connectivity index is 2.33. The fourth-order valence-corrected chi connectivity index (χ4v) is 1.57. The van der Waals surface area contributed by atoms with Crippen molar-refractivity contribution in [1.82, 2.24) is 5.32 Å². The molecule has 0 atom stereocenters. The van der Waals surface area contributed by atoms with Gasteiger partial charge < -0.3 is 10.2 Å². The van der Waals surface area contributed by atoms with Gasteiger partial charge in [0.1, 0.15) is 0 Å². The summed E-state index contributed by atoms with van der Waals surface area (Å²) in [6.45, 7) is 0.862. The first kappa shape index (κ1) is 10.2.